The highest BCUT2D eigenvalue weighted by molar-refractivity contribution is 5.62. The summed E-state index contributed by atoms with van der Waals surface area (Å²) in [6.07, 6.45) is 3.83. The first kappa shape index (κ1) is 13.1. The summed E-state index contributed by atoms with van der Waals surface area (Å²) in [5.74, 6) is 1.58. The van der Waals surface area contributed by atoms with E-state index in [1.807, 2.05) is 30.3 Å². The Balaban J connectivity index is 2.02. The molecule has 0 spiro atoms. The highest BCUT2D eigenvalue weighted by Crippen LogP contribution is 2.18. The van der Waals surface area contributed by atoms with Crippen LogP contribution in [-0.2, 0) is 0 Å². The van der Waals surface area contributed by atoms with Crippen LogP contribution in [0.25, 0.3) is 0 Å². The molecule has 0 radical (unpaired) electrons. The average molecular weight is 257 g/mol. The molecule has 19 heavy (non-hydrogen) atoms. The maximum Gasteiger partial charge on any atom is 0.135 e. The van der Waals surface area contributed by atoms with Gasteiger partial charge in [-0.2, -0.15) is 0 Å². The van der Waals surface area contributed by atoms with Crippen LogP contribution in [0.3, 0.4) is 0 Å². The second-order valence-electron chi connectivity index (χ2n) is 4.32. The maximum atomic E-state index is 5.74. The molecule has 0 aliphatic carbocycles. The van der Waals surface area contributed by atoms with Crippen molar-refractivity contribution >= 4 is 23.0 Å². The predicted octanol–water partition coefficient (Wildman–Crippen LogP) is 3.01. The number of nitrogens with one attached hydrogen (secondary N) is 2. The van der Waals surface area contributed by atoms with Crippen LogP contribution in [0, 0.1) is 0 Å². The van der Waals surface area contributed by atoms with Crippen LogP contribution >= 0.6 is 0 Å². The Morgan fingerprint density at radius 1 is 1.16 bits per heavy atom. The Bertz CT molecular complexity index is 527. The van der Waals surface area contributed by atoms with Gasteiger partial charge in [0.2, 0.25) is 0 Å². The standard InChI is InChI=1S/C14H19N5/c1-2-3-7-16-13-9-14(18-10-17-13)19-12-6-4-5-11(15)8-12/h4-6,8-10H,2-3,7,15H2,1H3,(H2,16,17,18,19). The van der Waals surface area contributed by atoms with E-state index in [0.29, 0.717) is 0 Å². The number of benzene rings is 1. The lowest BCUT2D eigenvalue weighted by Gasteiger charge is -2.08. The van der Waals surface area contributed by atoms with Crippen molar-refractivity contribution in [2.45, 2.75) is 19.8 Å². The van der Waals surface area contributed by atoms with E-state index in [9.17, 15) is 0 Å². The van der Waals surface area contributed by atoms with Gasteiger partial charge in [-0.1, -0.05) is 19.4 Å². The summed E-state index contributed by atoms with van der Waals surface area (Å²) in [7, 11) is 0. The highest BCUT2D eigenvalue weighted by atomic mass is 15.1. The van der Waals surface area contributed by atoms with Crippen molar-refractivity contribution in [3.63, 3.8) is 0 Å². The summed E-state index contributed by atoms with van der Waals surface area (Å²) in [5, 5.41) is 6.47. The zero-order chi connectivity index (χ0) is 13.5. The quantitative estimate of drug-likeness (QED) is 0.548. The molecule has 0 atom stereocenters. The number of rotatable bonds is 6. The molecule has 5 heteroatoms. The number of hydrogen-bond donors (Lipinski definition) is 3. The molecule has 100 valence electrons. The zero-order valence-corrected chi connectivity index (χ0v) is 11.1. The molecule has 1 heterocycles. The Labute approximate surface area is 113 Å². The van der Waals surface area contributed by atoms with E-state index in [0.717, 1.165) is 42.4 Å². The summed E-state index contributed by atoms with van der Waals surface area (Å²) in [4.78, 5) is 8.37. The number of hydrogen-bond acceptors (Lipinski definition) is 5. The Kier molecular flexibility index (Phi) is 4.55. The predicted molar refractivity (Wildman–Crippen MR) is 79.6 cm³/mol. The van der Waals surface area contributed by atoms with E-state index in [2.05, 4.69) is 27.5 Å². The molecule has 0 amide bonds. The maximum absolute atomic E-state index is 5.74. The fourth-order valence-electron chi connectivity index (χ4n) is 1.68. The molecule has 1 aromatic heterocycles. The third kappa shape index (κ3) is 4.13. The lowest BCUT2D eigenvalue weighted by atomic mass is 10.3. The van der Waals surface area contributed by atoms with Gasteiger partial charge in [0.25, 0.3) is 0 Å². The minimum atomic E-state index is 0.723. The van der Waals surface area contributed by atoms with Gasteiger partial charge in [-0.05, 0) is 24.6 Å². The average Bonchev–Trinajstić information content (AvgIpc) is 2.39. The van der Waals surface area contributed by atoms with Crippen LogP contribution < -0.4 is 16.4 Å². The molecule has 0 aliphatic heterocycles. The molecular weight excluding hydrogens is 238 g/mol. The topological polar surface area (TPSA) is 75.9 Å². The van der Waals surface area contributed by atoms with Crippen LogP contribution in [-0.4, -0.2) is 16.5 Å². The van der Waals surface area contributed by atoms with E-state index in [-0.39, 0.29) is 0 Å². The summed E-state index contributed by atoms with van der Waals surface area (Å²) < 4.78 is 0. The summed E-state index contributed by atoms with van der Waals surface area (Å²) in [5.41, 5.74) is 7.38. The molecule has 0 saturated carbocycles. The van der Waals surface area contributed by atoms with Gasteiger partial charge in [-0.15, -0.1) is 0 Å². The fourth-order valence-corrected chi connectivity index (χ4v) is 1.68. The molecule has 2 aromatic rings. The molecule has 0 fully saturated rings. The number of anilines is 4. The van der Waals surface area contributed by atoms with Crippen LogP contribution in [0.4, 0.5) is 23.0 Å². The number of nitrogens with zero attached hydrogens (tertiary/aromatic N) is 2. The fraction of sp³-hybridized carbons (Fsp3) is 0.286. The third-order valence-electron chi connectivity index (χ3n) is 2.66. The lowest BCUT2D eigenvalue weighted by molar-refractivity contribution is 0.830. The second-order valence-corrected chi connectivity index (χ2v) is 4.32. The largest absolute Gasteiger partial charge is 0.399 e. The van der Waals surface area contributed by atoms with E-state index >= 15 is 0 Å². The first-order valence-electron chi connectivity index (χ1n) is 6.46. The van der Waals surface area contributed by atoms with Crippen molar-refractivity contribution in [1.29, 1.82) is 0 Å². The lowest BCUT2D eigenvalue weighted by Crippen LogP contribution is -2.04. The number of unbranched alkanes of at least 4 members (excludes halogenated alkanes) is 1. The number of nitrogens with two attached hydrogens (primary N) is 1. The van der Waals surface area contributed by atoms with E-state index in [1.54, 1.807) is 6.33 Å². The van der Waals surface area contributed by atoms with E-state index in [1.165, 1.54) is 0 Å². The minimum Gasteiger partial charge on any atom is -0.399 e. The molecule has 0 unspecified atom stereocenters. The molecule has 4 N–H and O–H groups in total. The monoisotopic (exact) mass is 257 g/mol. The van der Waals surface area contributed by atoms with Crippen molar-refractivity contribution < 1.29 is 0 Å². The smallest absolute Gasteiger partial charge is 0.135 e. The first-order valence-corrected chi connectivity index (χ1v) is 6.46. The molecule has 5 nitrogen and oxygen atoms in total. The van der Waals surface area contributed by atoms with Crippen LogP contribution in [0.1, 0.15) is 19.8 Å². The first-order chi connectivity index (χ1) is 9.28. The van der Waals surface area contributed by atoms with Gasteiger partial charge in [0.05, 0.1) is 0 Å². The molecule has 0 saturated heterocycles. The summed E-state index contributed by atoms with van der Waals surface area (Å²) in [6.45, 7) is 3.08. The van der Waals surface area contributed by atoms with Crippen molar-refractivity contribution in [2.75, 3.05) is 22.9 Å². The van der Waals surface area contributed by atoms with Crippen LogP contribution in [0.5, 0.6) is 0 Å². The highest BCUT2D eigenvalue weighted by Gasteiger charge is 1.99. The molecule has 0 aliphatic rings. The zero-order valence-electron chi connectivity index (χ0n) is 11.1. The normalized spacial score (nSPS) is 10.2. The van der Waals surface area contributed by atoms with Gasteiger partial charge >= 0.3 is 0 Å². The van der Waals surface area contributed by atoms with E-state index in [4.69, 9.17) is 5.73 Å². The minimum absolute atomic E-state index is 0.723. The summed E-state index contributed by atoms with van der Waals surface area (Å²) in [6, 6.07) is 9.45. The third-order valence-corrected chi connectivity index (χ3v) is 2.66. The van der Waals surface area contributed by atoms with Gasteiger partial charge in [0.1, 0.15) is 18.0 Å². The van der Waals surface area contributed by atoms with Crippen molar-refractivity contribution in [3.8, 4) is 0 Å². The van der Waals surface area contributed by atoms with Crippen LogP contribution in [0.2, 0.25) is 0 Å². The Morgan fingerprint density at radius 3 is 2.79 bits per heavy atom. The Morgan fingerprint density at radius 2 is 2.00 bits per heavy atom. The Hall–Kier alpha value is -2.30. The van der Waals surface area contributed by atoms with E-state index < -0.39 is 0 Å². The SMILES string of the molecule is CCCCNc1cc(Nc2cccc(N)c2)ncn1. The van der Waals surface area contributed by atoms with Gasteiger partial charge in [-0.25, -0.2) is 9.97 Å². The van der Waals surface area contributed by atoms with Crippen LogP contribution in [0.15, 0.2) is 36.7 Å². The summed E-state index contributed by atoms with van der Waals surface area (Å²) >= 11 is 0. The van der Waals surface area contributed by atoms with Gasteiger partial charge in [0.15, 0.2) is 0 Å². The van der Waals surface area contributed by atoms with Gasteiger partial charge in [0, 0.05) is 24.0 Å². The second kappa shape index (κ2) is 6.58. The molecule has 0 bridgehead atoms. The number of nitrogen functional groups attached to an aromatic ring is 1. The van der Waals surface area contributed by atoms with Crippen molar-refractivity contribution in [1.82, 2.24) is 9.97 Å². The molecule has 1 aromatic carbocycles. The molecule has 2 rings (SSSR count). The van der Waals surface area contributed by atoms with Crippen molar-refractivity contribution in [2.24, 2.45) is 0 Å². The molecular formula is C14H19N5. The van der Waals surface area contributed by atoms with Gasteiger partial charge in [-0.3, -0.25) is 0 Å². The van der Waals surface area contributed by atoms with Crippen molar-refractivity contribution in [3.05, 3.63) is 36.7 Å². The number of aromatic nitrogens is 2. The van der Waals surface area contributed by atoms with Gasteiger partial charge < -0.3 is 16.4 Å².